The number of carbonyl (C=O) groups is 3. The maximum atomic E-state index is 16.9. The van der Waals surface area contributed by atoms with Gasteiger partial charge in [-0.25, -0.2) is 9.18 Å². The highest BCUT2D eigenvalue weighted by Crippen LogP contribution is 2.68. The Morgan fingerprint density at radius 2 is 1.97 bits per heavy atom. The number of esters is 1. The fraction of sp³-hybridized carbons (Fsp3) is 0.731. The van der Waals surface area contributed by atoms with Crippen molar-refractivity contribution < 1.29 is 38.1 Å². The van der Waals surface area contributed by atoms with Crippen LogP contribution in [-0.2, 0) is 28.6 Å². The zero-order valence-electron chi connectivity index (χ0n) is 20.2. The molecule has 0 heterocycles. The lowest BCUT2D eigenvalue weighted by Gasteiger charge is -2.60. The van der Waals surface area contributed by atoms with Crippen LogP contribution >= 0.6 is 0 Å². The molecule has 188 valence electrons. The number of aliphatic hydroxyl groups excluding tert-OH is 1. The van der Waals surface area contributed by atoms with E-state index in [-0.39, 0.29) is 48.1 Å². The second-order valence-electron chi connectivity index (χ2n) is 10.7. The molecule has 1 unspecified atom stereocenters. The molecule has 8 heteroatoms. The zero-order chi connectivity index (χ0) is 24.7. The molecule has 3 fully saturated rings. The fourth-order valence-electron chi connectivity index (χ4n) is 7.30. The lowest BCUT2D eigenvalue weighted by atomic mass is 9.46. The minimum Gasteiger partial charge on any atom is -0.456 e. The third kappa shape index (κ3) is 3.88. The third-order valence-electron chi connectivity index (χ3n) is 9.22. The normalized spacial score (nSPS) is 39.5. The minimum absolute atomic E-state index is 0.0514. The number of carbonyl (C=O) groups excluding carboxylic acids is 3. The Labute approximate surface area is 199 Å². The Kier molecular flexibility index (Phi) is 6.88. The predicted octanol–water partition coefficient (Wildman–Crippen LogP) is 3.10. The van der Waals surface area contributed by atoms with Crippen molar-refractivity contribution >= 4 is 17.5 Å². The summed E-state index contributed by atoms with van der Waals surface area (Å²) in [5.74, 6) is -1.50. The van der Waals surface area contributed by atoms with E-state index in [0.717, 1.165) is 12.0 Å². The van der Waals surface area contributed by atoms with Crippen LogP contribution < -0.4 is 0 Å². The van der Waals surface area contributed by atoms with E-state index in [2.05, 4.69) is 6.92 Å². The van der Waals surface area contributed by atoms with Gasteiger partial charge in [0, 0.05) is 18.4 Å². The zero-order valence-corrected chi connectivity index (χ0v) is 20.2. The van der Waals surface area contributed by atoms with Gasteiger partial charge in [-0.15, -0.1) is 0 Å². The second-order valence-corrected chi connectivity index (χ2v) is 10.7. The van der Waals surface area contributed by atoms with E-state index in [1.54, 1.807) is 12.2 Å². The van der Waals surface area contributed by atoms with Crippen molar-refractivity contribution in [2.24, 2.45) is 28.6 Å². The Hall–Kier alpha value is -1.90. The molecule has 0 aliphatic heterocycles. The van der Waals surface area contributed by atoms with Gasteiger partial charge < -0.3 is 19.3 Å². The molecule has 7 atom stereocenters. The summed E-state index contributed by atoms with van der Waals surface area (Å²) in [5, 5.41) is 9.32. The fourth-order valence-corrected chi connectivity index (χ4v) is 7.30. The largest absolute Gasteiger partial charge is 0.456 e. The van der Waals surface area contributed by atoms with Gasteiger partial charge in [-0.1, -0.05) is 18.6 Å². The first-order valence-electron chi connectivity index (χ1n) is 12.1. The Balaban J connectivity index is 1.46. The Bertz CT molecular complexity index is 913. The van der Waals surface area contributed by atoms with Crippen molar-refractivity contribution in [3.63, 3.8) is 0 Å². The molecule has 34 heavy (non-hydrogen) atoms. The SMILES string of the molecule is COCOC(CO)C(=O)OCC(=O)[C@H]1CC[C@H]2[C@@H]3CCC4=CC(=O)C=C[C@]4(C)[C@@]3(F)CC[C@]12C. The lowest BCUT2D eigenvalue weighted by molar-refractivity contribution is -0.172. The van der Waals surface area contributed by atoms with Gasteiger partial charge in [-0.3, -0.25) is 9.59 Å². The number of hydrogen-bond acceptors (Lipinski definition) is 7. The number of Topliss-reactive ketones (excluding diaryl/α,β-unsaturated/α-hetero) is 1. The monoisotopic (exact) mass is 478 g/mol. The van der Waals surface area contributed by atoms with E-state index in [9.17, 15) is 19.5 Å². The number of fused-ring (bicyclic) bond motifs is 5. The number of halogens is 1. The van der Waals surface area contributed by atoms with Crippen LogP contribution in [0.25, 0.3) is 0 Å². The van der Waals surface area contributed by atoms with E-state index < -0.39 is 29.8 Å². The standard InChI is InChI=1S/C26H35FO7/c1-24-10-11-26(27)19(5-4-16-12-17(29)8-9-25(16,26)2)18(24)6-7-20(24)21(30)14-33-23(31)22(13-28)34-15-32-3/h8-9,12,18-20,22,28H,4-7,10-11,13-15H2,1-3H3/t18-,19-,20+,22?,24-,25-,26+/m0/s1. The summed E-state index contributed by atoms with van der Waals surface area (Å²) in [7, 11) is 1.39. The maximum absolute atomic E-state index is 16.9. The Morgan fingerprint density at radius 3 is 2.68 bits per heavy atom. The number of aliphatic hydroxyl groups is 1. The van der Waals surface area contributed by atoms with E-state index in [0.29, 0.717) is 32.1 Å². The number of hydrogen-bond donors (Lipinski definition) is 1. The number of allylic oxidation sites excluding steroid dienone is 4. The highest BCUT2D eigenvalue weighted by Gasteiger charge is 2.67. The van der Waals surface area contributed by atoms with Gasteiger partial charge in [0.05, 0.1) is 6.61 Å². The maximum Gasteiger partial charge on any atom is 0.338 e. The highest BCUT2D eigenvalue weighted by molar-refractivity contribution is 6.01. The van der Waals surface area contributed by atoms with Crippen LogP contribution in [0.5, 0.6) is 0 Å². The molecule has 0 aromatic rings. The van der Waals surface area contributed by atoms with Crippen LogP contribution in [-0.4, -0.2) is 61.5 Å². The molecule has 0 aromatic heterocycles. The van der Waals surface area contributed by atoms with Crippen molar-refractivity contribution in [1.29, 1.82) is 0 Å². The predicted molar refractivity (Wildman–Crippen MR) is 120 cm³/mol. The molecule has 0 bridgehead atoms. The molecule has 0 aromatic carbocycles. The minimum atomic E-state index is -1.45. The summed E-state index contributed by atoms with van der Waals surface area (Å²) in [5.41, 5.74) is -1.72. The summed E-state index contributed by atoms with van der Waals surface area (Å²) >= 11 is 0. The Morgan fingerprint density at radius 1 is 1.21 bits per heavy atom. The van der Waals surface area contributed by atoms with Gasteiger partial charge in [-0.2, -0.15) is 0 Å². The summed E-state index contributed by atoms with van der Waals surface area (Å²) in [6.45, 7) is 2.86. The van der Waals surface area contributed by atoms with Crippen LogP contribution in [0, 0.1) is 28.6 Å². The van der Waals surface area contributed by atoms with Gasteiger partial charge in [0.25, 0.3) is 0 Å². The van der Waals surface area contributed by atoms with Gasteiger partial charge in [0.1, 0.15) is 19.1 Å². The average molecular weight is 479 g/mol. The van der Waals surface area contributed by atoms with Crippen molar-refractivity contribution in [1.82, 2.24) is 0 Å². The van der Waals surface area contributed by atoms with E-state index in [1.807, 2.05) is 6.92 Å². The van der Waals surface area contributed by atoms with Crippen LogP contribution in [0.2, 0.25) is 0 Å². The molecule has 0 saturated heterocycles. The summed E-state index contributed by atoms with van der Waals surface area (Å²) < 4.78 is 31.8. The third-order valence-corrected chi connectivity index (χ3v) is 9.22. The quantitative estimate of drug-likeness (QED) is 0.423. The molecule has 4 aliphatic rings. The molecule has 7 nitrogen and oxygen atoms in total. The first-order chi connectivity index (χ1) is 16.1. The molecular weight excluding hydrogens is 443 g/mol. The first kappa shape index (κ1) is 25.2. The molecule has 4 aliphatic carbocycles. The summed E-state index contributed by atoms with van der Waals surface area (Å²) in [6, 6.07) is 0. The molecule has 4 rings (SSSR count). The number of ketones is 2. The molecule has 0 spiro atoms. The van der Waals surface area contributed by atoms with Crippen molar-refractivity contribution in [2.75, 3.05) is 27.1 Å². The molecule has 0 radical (unpaired) electrons. The van der Waals surface area contributed by atoms with Crippen molar-refractivity contribution in [3.8, 4) is 0 Å². The molecule has 0 amide bonds. The highest BCUT2D eigenvalue weighted by atomic mass is 19.1. The van der Waals surface area contributed by atoms with E-state index in [4.69, 9.17) is 14.2 Å². The van der Waals surface area contributed by atoms with Crippen LogP contribution in [0.1, 0.15) is 52.4 Å². The molecule has 1 N–H and O–H groups in total. The second kappa shape index (κ2) is 9.28. The van der Waals surface area contributed by atoms with Gasteiger partial charge >= 0.3 is 5.97 Å². The molecular formula is C26H35FO7. The number of methoxy groups -OCH3 is 1. The average Bonchev–Trinajstić information content (AvgIpc) is 3.16. The van der Waals surface area contributed by atoms with Crippen LogP contribution in [0.4, 0.5) is 4.39 Å². The smallest absolute Gasteiger partial charge is 0.338 e. The van der Waals surface area contributed by atoms with Crippen LogP contribution in [0.3, 0.4) is 0 Å². The van der Waals surface area contributed by atoms with Gasteiger partial charge in [0.2, 0.25) is 0 Å². The first-order valence-corrected chi connectivity index (χ1v) is 12.1. The van der Waals surface area contributed by atoms with Crippen molar-refractivity contribution in [3.05, 3.63) is 23.8 Å². The summed E-state index contributed by atoms with van der Waals surface area (Å²) in [6.07, 6.45) is 7.31. The lowest BCUT2D eigenvalue weighted by Crippen LogP contribution is -2.60. The number of ether oxygens (including phenoxy) is 3. The topological polar surface area (TPSA) is 99.1 Å². The van der Waals surface area contributed by atoms with E-state index in [1.165, 1.54) is 13.2 Å². The van der Waals surface area contributed by atoms with Gasteiger partial charge in [0.15, 0.2) is 17.7 Å². The van der Waals surface area contributed by atoms with Gasteiger partial charge in [-0.05, 0) is 74.9 Å². The summed E-state index contributed by atoms with van der Waals surface area (Å²) in [4.78, 5) is 37.2. The number of rotatable bonds is 8. The van der Waals surface area contributed by atoms with E-state index >= 15 is 4.39 Å². The van der Waals surface area contributed by atoms with Crippen LogP contribution in [0.15, 0.2) is 23.8 Å². The molecule has 3 saturated carbocycles. The van der Waals surface area contributed by atoms with Crippen molar-refractivity contribution in [2.45, 2.75) is 64.1 Å². The number of alkyl halides is 1.